The number of para-hydroxylation sites is 1. The van der Waals surface area contributed by atoms with E-state index in [0.29, 0.717) is 0 Å². The molecule has 2 aromatic rings. The third-order valence-corrected chi connectivity index (χ3v) is 6.38. The smallest absolute Gasteiger partial charge is 0.463 e. The summed E-state index contributed by atoms with van der Waals surface area (Å²) in [5, 5.41) is 0. The van der Waals surface area contributed by atoms with Crippen molar-refractivity contribution < 1.29 is 18.8 Å². The molecule has 5 heteroatoms. The van der Waals surface area contributed by atoms with Gasteiger partial charge in [0.15, 0.2) is 0 Å². The topological polar surface area (TPSA) is 36.9 Å². The van der Waals surface area contributed by atoms with E-state index in [4.69, 9.17) is 18.8 Å². The molecule has 0 N–H and O–H groups in total. The Morgan fingerprint density at radius 3 is 2.18 bits per heavy atom. The molecule has 0 unspecified atom stereocenters. The quantitative estimate of drug-likeness (QED) is 0.599. The van der Waals surface area contributed by atoms with Crippen LogP contribution in [0.15, 0.2) is 61.2 Å². The van der Waals surface area contributed by atoms with Gasteiger partial charge in [-0.1, -0.05) is 54.6 Å². The minimum atomic E-state index is -0.606. The van der Waals surface area contributed by atoms with Crippen molar-refractivity contribution in [3.05, 3.63) is 72.3 Å². The number of hydrogen-bond donors (Lipinski definition) is 0. The molecular weight excluding hydrogens is 351 g/mol. The highest BCUT2D eigenvalue weighted by Crippen LogP contribution is 2.48. The average molecular weight is 378 g/mol. The summed E-state index contributed by atoms with van der Waals surface area (Å²) in [6.07, 6.45) is 1.39. The van der Waals surface area contributed by atoms with E-state index in [1.807, 2.05) is 64.1 Å². The Hall–Kier alpha value is -2.08. The first kappa shape index (κ1) is 19.3. The van der Waals surface area contributed by atoms with Gasteiger partial charge in [0.2, 0.25) is 6.29 Å². The summed E-state index contributed by atoms with van der Waals surface area (Å²) in [6.45, 7) is 12.3. The van der Waals surface area contributed by atoms with Crippen molar-refractivity contribution in [1.29, 1.82) is 0 Å². The van der Waals surface area contributed by atoms with Gasteiger partial charge in [0.25, 0.3) is 0 Å². The maximum Gasteiger partial charge on any atom is 0.498 e. The number of rotatable bonds is 4. The van der Waals surface area contributed by atoms with Crippen molar-refractivity contribution in [2.45, 2.75) is 50.6 Å². The third kappa shape index (κ3) is 2.57. The second kappa shape index (κ2) is 6.48. The number of ether oxygens (including phenoxy) is 2. The van der Waals surface area contributed by atoms with Gasteiger partial charge >= 0.3 is 7.12 Å². The number of methoxy groups -OCH3 is 1. The van der Waals surface area contributed by atoms with Gasteiger partial charge in [-0.15, -0.1) is 6.58 Å². The molecule has 2 aliphatic heterocycles. The SMILES string of the molecule is C=C[C@@]1(c2ccccc2)c2cccc(B3OC(C)(C)C(C)(C)O3)c2O[C@@H]1OC. The fourth-order valence-corrected chi connectivity index (χ4v) is 4.06. The molecule has 0 spiro atoms. The van der Waals surface area contributed by atoms with Crippen molar-refractivity contribution in [3.8, 4) is 5.75 Å². The summed E-state index contributed by atoms with van der Waals surface area (Å²) in [7, 11) is 1.15. The molecular formula is C23H27BO4. The van der Waals surface area contributed by atoms with E-state index < -0.39 is 30.0 Å². The van der Waals surface area contributed by atoms with Crippen LogP contribution >= 0.6 is 0 Å². The molecule has 2 aliphatic rings. The van der Waals surface area contributed by atoms with E-state index in [1.54, 1.807) is 7.11 Å². The Balaban J connectivity index is 1.86. The predicted octanol–water partition coefficient (Wildman–Crippen LogP) is 3.82. The van der Waals surface area contributed by atoms with Crippen LogP contribution in [0, 0.1) is 0 Å². The molecule has 1 saturated heterocycles. The Morgan fingerprint density at radius 1 is 0.964 bits per heavy atom. The van der Waals surface area contributed by atoms with Crippen LogP contribution in [0.5, 0.6) is 5.75 Å². The van der Waals surface area contributed by atoms with Crippen LogP contribution in [0.25, 0.3) is 0 Å². The van der Waals surface area contributed by atoms with Crippen LogP contribution in [-0.4, -0.2) is 31.7 Å². The molecule has 2 aromatic carbocycles. The van der Waals surface area contributed by atoms with Crippen molar-refractivity contribution in [2.75, 3.05) is 7.11 Å². The number of hydrogen-bond acceptors (Lipinski definition) is 4. The van der Waals surface area contributed by atoms with Gasteiger partial charge in [0.1, 0.15) is 11.2 Å². The monoisotopic (exact) mass is 378 g/mol. The molecule has 0 bridgehead atoms. The predicted molar refractivity (Wildman–Crippen MR) is 111 cm³/mol. The van der Waals surface area contributed by atoms with Gasteiger partial charge in [0, 0.05) is 18.1 Å². The van der Waals surface area contributed by atoms with E-state index in [9.17, 15) is 0 Å². The van der Waals surface area contributed by atoms with Crippen LogP contribution < -0.4 is 10.2 Å². The zero-order chi connectivity index (χ0) is 20.2. The Bertz CT molecular complexity index is 877. The van der Waals surface area contributed by atoms with Crippen molar-refractivity contribution >= 4 is 12.6 Å². The van der Waals surface area contributed by atoms with Gasteiger partial charge in [-0.3, -0.25) is 0 Å². The van der Waals surface area contributed by atoms with Gasteiger partial charge in [-0.25, -0.2) is 0 Å². The molecule has 1 fully saturated rings. The molecule has 28 heavy (non-hydrogen) atoms. The molecule has 0 saturated carbocycles. The molecule has 0 aliphatic carbocycles. The Kier molecular flexibility index (Phi) is 4.45. The maximum atomic E-state index is 6.34. The molecule has 146 valence electrons. The normalized spacial score (nSPS) is 27.3. The third-order valence-electron chi connectivity index (χ3n) is 6.38. The van der Waals surface area contributed by atoms with E-state index >= 15 is 0 Å². The van der Waals surface area contributed by atoms with E-state index in [1.165, 1.54) is 0 Å². The molecule has 2 heterocycles. The largest absolute Gasteiger partial charge is 0.498 e. The van der Waals surface area contributed by atoms with E-state index in [-0.39, 0.29) is 0 Å². The maximum absolute atomic E-state index is 6.34. The van der Waals surface area contributed by atoms with Gasteiger partial charge < -0.3 is 18.8 Å². The molecule has 0 radical (unpaired) electrons. The Labute approximate surface area is 167 Å². The summed E-state index contributed by atoms with van der Waals surface area (Å²) in [5.74, 6) is 0.747. The summed E-state index contributed by atoms with van der Waals surface area (Å²) < 4.78 is 24.7. The second-order valence-electron chi connectivity index (χ2n) is 8.44. The van der Waals surface area contributed by atoms with Crippen LogP contribution in [0.1, 0.15) is 38.8 Å². The average Bonchev–Trinajstić information content (AvgIpc) is 3.12. The zero-order valence-corrected chi connectivity index (χ0v) is 17.2. The van der Waals surface area contributed by atoms with Crippen LogP contribution in [-0.2, 0) is 19.5 Å². The summed E-state index contributed by atoms with van der Waals surface area (Å²) in [4.78, 5) is 0. The minimum Gasteiger partial charge on any atom is -0.463 e. The molecule has 0 amide bonds. The van der Waals surface area contributed by atoms with Crippen LogP contribution in [0.4, 0.5) is 0 Å². The lowest BCUT2D eigenvalue weighted by atomic mass is 9.71. The van der Waals surface area contributed by atoms with E-state index in [2.05, 4.69) is 24.8 Å². The van der Waals surface area contributed by atoms with E-state index in [0.717, 1.165) is 22.3 Å². The van der Waals surface area contributed by atoms with Gasteiger partial charge in [0.05, 0.1) is 11.2 Å². The lowest BCUT2D eigenvalue weighted by Gasteiger charge is -2.32. The lowest BCUT2D eigenvalue weighted by Crippen LogP contribution is -2.41. The minimum absolute atomic E-state index is 0.422. The van der Waals surface area contributed by atoms with Crippen molar-refractivity contribution in [2.24, 2.45) is 0 Å². The first-order chi connectivity index (χ1) is 13.3. The zero-order valence-electron chi connectivity index (χ0n) is 17.2. The highest BCUT2D eigenvalue weighted by molar-refractivity contribution is 6.63. The summed E-state index contributed by atoms with van der Waals surface area (Å²) >= 11 is 0. The van der Waals surface area contributed by atoms with Gasteiger partial charge in [-0.05, 0) is 33.3 Å². The van der Waals surface area contributed by atoms with Gasteiger partial charge in [-0.2, -0.15) is 0 Å². The lowest BCUT2D eigenvalue weighted by molar-refractivity contribution is -0.0644. The van der Waals surface area contributed by atoms with Crippen LogP contribution in [0.3, 0.4) is 0 Å². The standard InChI is InChI=1S/C23H27BO4/c1-7-23(16-12-9-8-10-13-16)17-14-11-15-18(19(17)26-20(23)25-6)24-27-21(2,3)22(4,5)28-24/h7-15,20H,1H2,2-6H3/t20-,23+/m0/s1. The van der Waals surface area contributed by atoms with Crippen molar-refractivity contribution in [1.82, 2.24) is 0 Å². The number of benzene rings is 2. The highest BCUT2D eigenvalue weighted by atomic mass is 16.7. The first-order valence-corrected chi connectivity index (χ1v) is 9.64. The summed E-state index contributed by atoms with van der Waals surface area (Å²) in [5.41, 5.74) is 1.50. The molecule has 4 rings (SSSR count). The van der Waals surface area contributed by atoms with Crippen molar-refractivity contribution in [3.63, 3.8) is 0 Å². The number of fused-ring (bicyclic) bond motifs is 1. The summed E-state index contributed by atoms with van der Waals surface area (Å²) in [6, 6.07) is 16.3. The van der Waals surface area contributed by atoms with Crippen LogP contribution in [0.2, 0.25) is 0 Å². The second-order valence-corrected chi connectivity index (χ2v) is 8.44. The molecule has 2 atom stereocenters. The fraction of sp³-hybridized carbons (Fsp3) is 0.391. The first-order valence-electron chi connectivity index (χ1n) is 9.64. The highest BCUT2D eigenvalue weighted by Gasteiger charge is 2.55. The molecule has 0 aromatic heterocycles. The fourth-order valence-electron chi connectivity index (χ4n) is 4.06. The Morgan fingerprint density at radius 2 is 1.61 bits per heavy atom. The molecule has 4 nitrogen and oxygen atoms in total.